The zero-order valence-electron chi connectivity index (χ0n) is 32.2. The molecule has 2 heteroatoms. The molecule has 0 aromatic rings. The predicted octanol–water partition coefficient (Wildman–Crippen LogP) is 15.8. The number of unbranched alkanes of at least 4 members (excludes halogenated alkanes) is 31. The molecule has 0 amide bonds. The van der Waals surface area contributed by atoms with Gasteiger partial charge in [-0.2, -0.15) is 0 Å². The van der Waals surface area contributed by atoms with Crippen LogP contribution in [-0.2, 0) is 9.53 Å². The zero-order valence-corrected chi connectivity index (χ0v) is 32.2. The first kappa shape index (κ1) is 45.2. The topological polar surface area (TPSA) is 26.3 Å². The molecule has 0 rings (SSSR count). The number of rotatable bonds is 39. The summed E-state index contributed by atoms with van der Waals surface area (Å²) >= 11 is 0. The summed E-state index contributed by atoms with van der Waals surface area (Å²) in [4.78, 5) is 12.0. The molecule has 0 aromatic heterocycles. The van der Waals surface area contributed by atoms with Crippen molar-refractivity contribution in [2.75, 3.05) is 6.61 Å². The molecule has 46 heavy (non-hydrogen) atoms. The zero-order chi connectivity index (χ0) is 33.4. The van der Waals surface area contributed by atoms with Crippen LogP contribution in [0.15, 0.2) is 12.2 Å². The maximum atomic E-state index is 12.0. The number of esters is 1. The van der Waals surface area contributed by atoms with Gasteiger partial charge in [0.2, 0.25) is 0 Å². The average molecular weight is 647 g/mol. The summed E-state index contributed by atoms with van der Waals surface area (Å²) in [6.45, 7) is 7.59. The molecule has 0 spiro atoms. The van der Waals surface area contributed by atoms with E-state index in [-0.39, 0.29) is 5.97 Å². The van der Waals surface area contributed by atoms with Crippen LogP contribution in [0.25, 0.3) is 0 Å². The smallest absolute Gasteiger partial charge is 0.305 e. The van der Waals surface area contributed by atoms with E-state index in [0.29, 0.717) is 13.0 Å². The van der Waals surface area contributed by atoms with Crippen molar-refractivity contribution in [3.8, 4) is 0 Å². The van der Waals surface area contributed by atoms with Crippen molar-refractivity contribution in [1.29, 1.82) is 0 Å². The van der Waals surface area contributed by atoms with E-state index in [1.165, 1.54) is 212 Å². The second-order valence-corrected chi connectivity index (χ2v) is 15.2. The van der Waals surface area contributed by atoms with Gasteiger partial charge in [0.15, 0.2) is 0 Å². The summed E-state index contributed by atoms with van der Waals surface area (Å²) in [6, 6.07) is 0. The molecular weight excluding hydrogens is 560 g/mol. The molecule has 0 aliphatic rings. The quantitative estimate of drug-likeness (QED) is 0.0377. The van der Waals surface area contributed by atoms with Gasteiger partial charge < -0.3 is 4.74 Å². The maximum absolute atomic E-state index is 12.0. The summed E-state index contributed by atoms with van der Waals surface area (Å²) in [5, 5.41) is 0. The van der Waals surface area contributed by atoms with Crippen molar-refractivity contribution in [3.05, 3.63) is 12.2 Å². The van der Waals surface area contributed by atoms with E-state index in [9.17, 15) is 4.79 Å². The molecule has 0 heterocycles. The standard InChI is InChI=1S/C44H86O2/c1-4-5-6-7-8-9-10-11-12-13-14-17-20-23-26-29-32-35-38-41-44(45)46-42-39-36-33-30-27-24-21-18-15-16-19-22-25-28-31-34-37-40-43(2)3/h11-12,43H,4-10,13-42H2,1-3H3. The SMILES string of the molecule is CCCCCCCCC=CCCCCCCCCCCCC(=O)OCCCCCCCCCCCCCCCCCCCC(C)C. The summed E-state index contributed by atoms with van der Waals surface area (Å²) in [5.41, 5.74) is 0. The first-order valence-corrected chi connectivity index (χ1v) is 21.5. The van der Waals surface area contributed by atoms with Crippen LogP contribution in [-0.4, -0.2) is 12.6 Å². The highest BCUT2D eigenvalue weighted by Crippen LogP contribution is 2.16. The van der Waals surface area contributed by atoms with Crippen LogP contribution in [0, 0.1) is 5.92 Å². The van der Waals surface area contributed by atoms with Gasteiger partial charge in [0.25, 0.3) is 0 Å². The molecule has 0 atom stereocenters. The Bertz CT molecular complexity index is 595. The molecule has 0 aliphatic carbocycles. The summed E-state index contributed by atoms with van der Waals surface area (Å²) in [5.74, 6) is 0.906. The molecule has 0 saturated carbocycles. The first-order valence-electron chi connectivity index (χ1n) is 21.5. The lowest BCUT2D eigenvalue weighted by Gasteiger charge is -2.06. The predicted molar refractivity (Wildman–Crippen MR) is 207 cm³/mol. The second kappa shape index (κ2) is 40.4. The fraction of sp³-hybridized carbons (Fsp3) is 0.932. The van der Waals surface area contributed by atoms with Crippen molar-refractivity contribution >= 4 is 5.97 Å². The van der Waals surface area contributed by atoms with Crippen LogP contribution < -0.4 is 0 Å². The lowest BCUT2D eigenvalue weighted by Crippen LogP contribution is -2.05. The molecule has 0 bridgehead atoms. The number of ether oxygens (including phenoxy) is 1. The van der Waals surface area contributed by atoms with Crippen molar-refractivity contribution < 1.29 is 9.53 Å². The largest absolute Gasteiger partial charge is 0.466 e. The molecular formula is C44H86O2. The second-order valence-electron chi connectivity index (χ2n) is 15.2. The van der Waals surface area contributed by atoms with Gasteiger partial charge in [-0.1, -0.05) is 219 Å². The fourth-order valence-corrected chi connectivity index (χ4v) is 6.61. The summed E-state index contributed by atoms with van der Waals surface area (Å²) in [7, 11) is 0. The number of hydrogen-bond acceptors (Lipinski definition) is 2. The van der Waals surface area contributed by atoms with Crippen molar-refractivity contribution in [3.63, 3.8) is 0 Å². The van der Waals surface area contributed by atoms with Crippen molar-refractivity contribution in [2.24, 2.45) is 5.92 Å². The van der Waals surface area contributed by atoms with Gasteiger partial charge in [0, 0.05) is 6.42 Å². The van der Waals surface area contributed by atoms with Gasteiger partial charge in [-0.15, -0.1) is 0 Å². The van der Waals surface area contributed by atoms with Crippen LogP contribution in [0.1, 0.15) is 252 Å². The van der Waals surface area contributed by atoms with Gasteiger partial charge in [-0.25, -0.2) is 0 Å². The molecule has 0 aliphatic heterocycles. The minimum atomic E-state index is 0.0260. The molecule has 0 N–H and O–H groups in total. The monoisotopic (exact) mass is 647 g/mol. The molecule has 0 aromatic carbocycles. The van der Waals surface area contributed by atoms with Crippen LogP contribution in [0.2, 0.25) is 0 Å². The van der Waals surface area contributed by atoms with E-state index < -0.39 is 0 Å². The average Bonchev–Trinajstić information content (AvgIpc) is 3.04. The molecule has 0 fully saturated rings. The third-order valence-corrected chi connectivity index (χ3v) is 9.83. The number of carbonyl (C=O) groups is 1. The van der Waals surface area contributed by atoms with E-state index >= 15 is 0 Å². The normalized spacial score (nSPS) is 11.7. The van der Waals surface area contributed by atoms with E-state index in [1.807, 2.05) is 0 Å². The minimum absolute atomic E-state index is 0.0260. The highest BCUT2D eigenvalue weighted by molar-refractivity contribution is 5.69. The summed E-state index contributed by atoms with van der Waals surface area (Å²) < 4.78 is 5.47. The van der Waals surface area contributed by atoms with E-state index in [0.717, 1.165) is 18.8 Å². The Hall–Kier alpha value is -0.790. The van der Waals surface area contributed by atoms with Crippen LogP contribution in [0.4, 0.5) is 0 Å². The van der Waals surface area contributed by atoms with E-state index in [4.69, 9.17) is 4.74 Å². The minimum Gasteiger partial charge on any atom is -0.466 e. The Kier molecular flexibility index (Phi) is 39.7. The van der Waals surface area contributed by atoms with Crippen LogP contribution in [0.5, 0.6) is 0 Å². The highest BCUT2D eigenvalue weighted by atomic mass is 16.5. The fourth-order valence-electron chi connectivity index (χ4n) is 6.61. The molecule has 0 unspecified atom stereocenters. The third kappa shape index (κ3) is 41.2. The Morgan fingerprint density at radius 2 is 0.761 bits per heavy atom. The maximum Gasteiger partial charge on any atom is 0.305 e. The van der Waals surface area contributed by atoms with Gasteiger partial charge in [-0.3, -0.25) is 4.79 Å². The number of allylic oxidation sites excluding steroid dienone is 2. The lowest BCUT2D eigenvalue weighted by atomic mass is 10.0. The van der Waals surface area contributed by atoms with Crippen LogP contribution >= 0.6 is 0 Å². The third-order valence-electron chi connectivity index (χ3n) is 9.83. The van der Waals surface area contributed by atoms with Crippen LogP contribution in [0.3, 0.4) is 0 Å². The highest BCUT2D eigenvalue weighted by Gasteiger charge is 2.03. The molecule has 274 valence electrons. The Morgan fingerprint density at radius 3 is 1.15 bits per heavy atom. The Labute approximate surface area is 291 Å². The van der Waals surface area contributed by atoms with E-state index in [2.05, 4.69) is 32.9 Å². The lowest BCUT2D eigenvalue weighted by molar-refractivity contribution is -0.143. The van der Waals surface area contributed by atoms with Crippen molar-refractivity contribution in [1.82, 2.24) is 0 Å². The Balaban J connectivity index is 3.18. The molecule has 2 nitrogen and oxygen atoms in total. The summed E-state index contributed by atoms with van der Waals surface area (Å²) in [6.07, 6.45) is 53.0. The number of carbonyl (C=O) groups excluding carboxylic acids is 1. The van der Waals surface area contributed by atoms with Gasteiger partial charge in [0.1, 0.15) is 0 Å². The van der Waals surface area contributed by atoms with Gasteiger partial charge >= 0.3 is 5.97 Å². The van der Waals surface area contributed by atoms with E-state index in [1.54, 1.807) is 0 Å². The Morgan fingerprint density at radius 1 is 0.435 bits per heavy atom. The number of hydrogen-bond donors (Lipinski definition) is 0. The van der Waals surface area contributed by atoms with Gasteiger partial charge in [-0.05, 0) is 44.4 Å². The molecule has 0 saturated heterocycles. The first-order chi connectivity index (χ1) is 22.7. The molecule has 0 radical (unpaired) electrons. The van der Waals surface area contributed by atoms with Crippen molar-refractivity contribution in [2.45, 2.75) is 252 Å². The van der Waals surface area contributed by atoms with Gasteiger partial charge in [0.05, 0.1) is 6.61 Å².